The van der Waals surface area contributed by atoms with Crippen LogP contribution in [0.25, 0.3) is 0 Å². The number of hydrogen-bond acceptors (Lipinski definition) is 4. The number of likely N-dealkylation sites (N-methyl/N-ethyl adjacent to an activating group) is 1. The lowest BCUT2D eigenvalue weighted by atomic mass is 10.1. The number of rotatable bonds is 6. The van der Waals surface area contributed by atoms with Crippen LogP contribution in [-0.2, 0) is 0 Å². The van der Waals surface area contributed by atoms with Gasteiger partial charge in [-0.3, -0.25) is 9.59 Å². The van der Waals surface area contributed by atoms with Crippen molar-refractivity contribution in [2.24, 2.45) is 0 Å². The monoisotopic (exact) mass is 334 g/mol. The van der Waals surface area contributed by atoms with E-state index in [4.69, 9.17) is 0 Å². The van der Waals surface area contributed by atoms with Crippen LogP contribution >= 0.6 is 11.3 Å². The summed E-state index contributed by atoms with van der Waals surface area (Å²) in [7, 11) is 3.75. The first kappa shape index (κ1) is 17.3. The molecule has 122 valence electrons. The second-order valence-corrected chi connectivity index (χ2v) is 6.55. The second kappa shape index (κ2) is 7.48. The summed E-state index contributed by atoms with van der Waals surface area (Å²) < 4.78 is 13.4. The van der Waals surface area contributed by atoms with Gasteiger partial charge in [-0.2, -0.15) is 0 Å². The molecule has 1 unspecified atom stereocenters. The highest BCUT2D eigenvalue weighted by Crippen LogP contribution is 2.20. The SMILES string of the molecule is CC(=O)c1ccc(C(=O)NCC(c2cccc(F)c2)N(C)C)s1. The smallest absolute Gasteiger partial charge is 0.261 e. The molecule has 0 bridgehead atoms. The third-order valence-electron chi connectivity index (χ3n) is 3.49. The molecule has 2 aromatic rings. The largest absolute Gasteiger partial charge is 0.349 e. The van der Waals surface area contributed by atoms with Crippen LogP contribution in [0, 0.1) is 5.82 Å². The molecule has 4 nitrogen and oxygen atoms in total. The highest BCUT2D eigenvalue weighted by Gasteiger charge is 2.17. The first-order valence-corrected chi connectivity index (χ1v) is 8.01. The Hall–Kier alpha value is -2.05. The lowest BCUT2D eigenvalue weighted by Gasteiger charge is -2.25. The zero-order valence-electron chi connectivity index (χ0n) is 13.3. The molecule has 0 saturated heterocycles. The minimum atomic E-state index is -0.301. The maximum Gasteiger partial charge on any atom is 0.261 e. The van der Waals surface area contributed by atoms with Gasteiger partial charge in [-0.1, -0.05) is 12.1 Å². The predicted octanol–water partition coefficient (Wildman–Crippen LogP) is 3.12. The van der Waals surface area contributed by atoms with Crippen molar-refractivity contribution in [2.75, 3.05) is 20.6 Å². The van der Waals surface area contributed by atoms with Gasteiger partial charge in [0.05, 0.1) is 15.8 Å². The summed E-state index contributed by atoms with van der Waals surface area (Å²) in [5.41, 5.74) is 0.797. The van der Waals surface area contributed by atoms with Crippen molar-refractivity contribution in [1.29, 1.82) is 0 Å². The number of thiophene rings is 1. The fourth-order valence-electron chi connectivity index (χ4n) is 2.24. The number of ketones is 1. The predicted molar refractivity (Wildman–Crippen MR) is 89.5 cm³/mol. The Morgan fingerprint density at radius 3 is 2.48 bits per heavy atom. The quantitative estimate of drug-likeness (QED) is 0.826. The maximum atomic E-state index is 13.4. The highest BCUT2D eigenvalue weighted by molar-refractivity contribution is 7.15. The van der Waals surface area contributed by atoms with Gasteiger partial charge in [-0.05, 0) is 50.8 Å². The Balaban J connectivity index is 2.06. The Bertz CT molecular complexity index is 712. The summed E-state index contributed by atoms with van der Waals surface area (Å²) in [6.45, 7) is 1.82. The second-order valence-electron chi connectivity index (χ2n) is 5.46. The van der Waals surface area contributed by atoms with Crippen LogP contribution in [0.5, 0.6) is 0 Å². The van der Waals surface area contributed by atoms with Crippen LogP contribution in [0.1, 0.15) is 37.9 Å². The number of nitrogens with zero attached hydrogens (tertiary/aromatic N) is 1. The minimum absolute atomic E-state index is 0.0556. The molecule has 0 radical (unpaired) electrons. The molecule has 2 rings (SSSR count). The summed E-state index contributed by atoms with van der Waals surface area (Å²) in [4.78, 5) is 26.5. The van der Waals surface area contributed by atoms with Crippen LogP contribution < -0.4 is 5.32 Å². The van der Waals surface area contributed by atoms with E-state index in [2.05, 4.69) is 5.32 Å². The van der Waals surface area contributed by atoms with Crippen molar-refractivity contribution in [3.63, 3.8) is 0 Å². The number of benzene rings is 1. The Labute approximate surface area is 138 Å². The average molecular weight is 334 g/mol. The Morgan fingerprint density at radius 2 is 1.91 bits per heavy atom. The fraction of sp³-hybridized carbons (Fsp3) is 0.294. The van der Waals surface area contributed by atoms with Gasteiger partial charge in [-0.15, -0.1) is 11.3 Å². The molecular formula is C17H19FN2O2S. The highest BCUT2D eigenvalue weighted by atomic mass is 32.1. The number of nitrogens with one attached hydrogen (secondary N) is 1. The van der Waals surface area contributed by atoms with Gasteiger partial charge < -0.3 is 10.2 Å². The summed E-state index contributed by atoms with van der Waals surface area (Å²) >= 11 is 1.17. The van der Waals surface area contributed by atoms with Gasteiger partial charge in [0.2, 0.25) is 0 Å². The molecular weight excluding hydrogens is 315 g/mol. The molecule has 1 atom stereocenters. The average Bonchev–Trinajstić information content (AvgIpc) is 2.97. The van der Waals surface area contributed by atoms with E-state index in [9.17, 15) is 14.0 Å². The molecule has 1 aromatic carbocycles. The molecule has 0 aliphatic heterocycles. The van der Waals surface area contributed by atoms with E-state index in [-0.39, 0.29) is 23.5 Å². The number of amides is 1. The topological polar surface area (TPSA) is 49.4 Å². The maximum absolute atomic E-state index is 13.4. The van der Waals surface area contributed by atoms with Gasteiger partial charge in [0.25, 0.3) is 5.91 Å². The standard InChI is InChI=1S/C17H19FN2O2S/c1-11(21)15-7-8-16(23-15)17(22)19-10-14(20(2)3)12-5-4-6-13(18)9-12/h4-9,14H,10H2,1-3H3,(H,19,22). The number of halogens is 1. The summed E-state index contributed by atoms with van der Waals surface area (Å²) in [6, 6.07) is 9.50. The third kappa shape index (κ3) is 4.46. The van der Waals surface area contributed by atoms with Crippen LogP contribution in [-0.4, -0.2) is 37.2 Å². The summed E-state index contributed by atoms with van der Waals surface area (Å²) in [5.74, 6) is -0.587. The van der Waals surface area contributed by atoms with Crippen molar-refractivity contribution >= 4 is 23.0 Å². The van der Waals surface area contributed by atoms with Gasteiger partial charge in [0.15, 0.2) is 5.78 Å². The molecule has 23 heavy (non-hydrogen) atoms. The van der Waals surface area contributed by atoms with Crippen LogP contribution in [0.15, 0.2) is 36.4 Å². The van der Waals surface area contributed by atoms with Crippen molar-refractivity contribution in [3.05, 3.63) is 57.5 Å². The van der Waals surface area contributed by atoms with Gasteiger partial charge in [0, 0.05) is 6.54 Å². The lowest BCUT2D eigenvalue weighted by molar-refractivity contribution is 0.0945. The van der Waals surface area contributed by atoms with Crippen LogP contribution in [0.2, 0.25) is 0 Å². The number of Topliss-reactive ketones (excluding diaryl/α,β-unsaturated/α-hetero) is 1. The molecule has 0 fully saturated rings. The molecule has 1 N–H and O–H groups in total. The van der Waals surface area contributed by atoms with Crippen molar-refractivity contribution < 1.29 is 14.0 Å². The Kier molecular flexibility index (Phi) is 5.63. The van der Waals surface area contributed by atoms with E-state index in [1.54, 1.807) is 18.2 Å². The Morgan fingerprint density at radius 1 is 1.22 bits per heavy atom. The summed E-state index contributed by atoms with van der Waals surface area (Å²) in [5, 5.41) is 2.85. The first-order valence-electron chi connectivity index (χ1n) is 7.19. The zero-order chi connectivity index (χ0) is 17.0. The van der Waals surface area contributed by atoms with Gasteiger partial charge in [-0.25, -0.2) is 4.39 Å². The number of carbonyl (C=O) groups excluding carboxylic acids is 2. The third-order valence-corrected chi connectivity index (χ3v) is 4.67. The van der Waals surface area contributed by atoms with Crippen molar-refractivity contribution in [1.82, 2.24) is 10.2 Å². The normalized spacial score (nSPS) is 12.2. The number of carbonyl (C=O) groups is 2. The van der Waals surface area contributed by atoms with E-state index >= 15 is 0 Å². The van der Waals surface area contributed by atoms with Gasteiger partial charge in [0.1, 0.15) is 5.82 Å². The molecule has 6 heteroatoms. The van der Waals surface area contributed by atoms with Crippen LogP contribution in [0.3, 0.4) is 0 Å². The van der Waals surface area contributed by atoms with E-state index in [1.165, 1.54) is 30.4 Å². The van der Waals surface area contributed by atoms with Gasteiger partial charge >= 0.3 is 0 Å². The van der Waals surface area contributed by atoms with Crippen LogP contribution in [0.4, 0.5) is 4.39 Å². The zero-order valence-corrected chi connectivity index (χ0v) is 14.1. The molecule has 1 amide bonds. The lowest BCUT2D eigenvalue weighted by Crippen LogP contribution is -2.34. The van der Waals surface area contributed by atoms with Crippen molar-refractivity contribution in [2.45, 2.75) is 13.0 Å². The molecule has 0 saturated carbocycles. The van der Waals surface area contributed by atoms with E-state index in [0.717, 1.165) is 5.56 Å². The summed E-state index contributed by atoms with van der Waals surface area (Å²) in [6.07, 6.45) is 0. The van der Waals surface area contributed by atoms with E-state index in [1.807, 2.05) is 25.1 Å². The fourth-order valence-corrected chi connectivity index (χ4v) is 3.06. The molecule has 1 aromatic heterocycles. The van der Waals surface area contributed by atoms with Crippen molar-refractivity contribution in [3.8, 4) is 0 Å². The van der Waals surface area contributed by atoms with E-state index in [0.29, 0.717) is 16.3 Å². The van der Waals surface area contributed by atoms with E-state index < -0.39 is 0 Å². The molecule has 0 aliphatic rings. The minimum Gasteiger partial charge on any atom is -0.349 e. The molecule has 1 heterocycles. The molecule has 0 aliphatic carbocycles. The first-order chi connectivity index (χ1) is 10.9. The molecule has 0 spiro atoms. The number of hydrogen-bond donors (Lipinski definition) is 1.